The molecule has 7 heteroatoms. The lowest BCUT2D eigenvalue weighted by Gasteiger charge is -2.03. The van der Waals surface area contributed by atoms with Crippen LogP contribution in [0.1, 0.15) is 0 Å². The number of hydrogen-bond acceptors (Lipinski definition) is 7. The summed E-state index contributed by atoms with van der Waals surface area (Å²) in [6.07, 6.45) is 2.92. The Morgan fingerprint density at radius 1 is 0.864 bits per heavy atom. The third-order valence-electron chi connectivity index (χ3n) is 2.62. The van der Waals surface area contributed by atoms with Crippen LogP contribution in [0.25, 0.3) is 0 Å². The van der Waals surface area contributed by atoms with Crippen LogP contribution in [0.4, 0.5) is 22.7 Å². The number of ether oxygens (including phenoxy) is 1. The van der Waals surface area contributed by atoms with Crippen LogP contribution in [0.2, 0.25) is 0 Å². The van der Waals surface area contributed by atoms with Crippen LogP contribution < -0.4 is 4.74 Å². The Morgan fingerprint density at radius 3 is 2.23 bits per heavy atom. The average Bonchev–Trinajstić information content (AvgIpc) is 2.54. The Bertz CT molecular complexity index is 804. The van der Waals surface area contributed by atoms with Gasteiger partial charge in [-0.2, -0.15) is 15.1 Å². The van der Waals surface area contributed by atoms with Crippen LogP contribution in [0.15, 0.2) is 62.7 Å². The van der Waals surface area contributed by atoms with E-state index in [4.69, 9.17) is 4.74 Å². The third kappa shape index (κ3) is 3.80. The molecule has 0 unspecified atom stereocenters. The molecule has 0 bridgehead atoms. The highest BCUT2D eigenvalue weighted by atomic mass is 16.5. The highest BCUT2D eigenvalue weighted by Crippen LogP contribution is 2.33. The summed E-state index contributed by atoms with van der Waals surface area (Å²) in [5, 5.41) is 8.12. The number of rotatable bonds is 5. The van der Waals surface area contributed by atoms with E-state index in [0.717, 1.165) is 0 Å². The summed E-state index contributed by atoms with van der Waals surface area (Å²) in [6, 6.07) is 11.4. The minimum absolute atomic E-state index is 0.410. The second-order valence-corrected chi connectivity index (χ2v) is 3.98. The molecule has 0 aliphatic heterocycles. The van der Waals surface area contributed by atoms with Crippen molar-refractivity contribution in [2.24, 2.45) is 20.2 Å². The largest absolute Gasteiger partial charge is 0.494 e. The molecule has 0 aliphatic carbocycles. The fourth-order valence-corrected chi connectivity index (χ4v) is 1.66. The molecule has 2 aromatic carbocycles. The number of methoxy groups -OCH3 is 1. The maximum absolute atomic E-state index is 10.2. The summed E-state index contributed by atoms with van der Waals surface area (Å²) in [4.78, 5) is 27.5. The number of aliphatic imine (C=N–C) groups is 2. The van der Waals surface area contributed by atoms with E-state index < -0.39 is 0 Å². The van der Waals surface area contributed by atoms with Gasteiger partial charge in [-0.25, -0.2) is 9.59 Å². The van der Waals surface area contributed by atoms with Crippen LogP contribution in [-0.4, -0.2) is 19.3 Å². The van der Waals surface area contributed by atoms with Crippen molar-refractivity contribution in [1.29, 1.82) is 0 Å². The zero-order valence-corrected chi connectivity index (χ0v) is 11.6. The van der Waals surface area contributed by atoms with Gasteiger partial charge in [0, 0.05) is 6.07 Å². The van der Waals surface area contributed by atoms with E-state index in [0.29, 0.717) is 28.5 Å². The van der Waals surface area contributed by atoms with Gasteiger partial charge in [0.05, 0.1) is 24.2 Å². The Balaban J connectivity index is 2.31. The number of carbonyl (C=O) groups excluding carboxylic acids is 2. The lowest BCUT2D eigenvalue weighted by molar-refractivity contribution is 0.416. The molecule has 2 aromatic rings. The van der Waals surface area contributed by atoms with Crippen molar-refractivity contribution in [3.05, 3.63) is 42.5 Å². The quantitative estimate of drug-likeness (QED) is 0.473. The van der Waals surface area contributed by atoms with Crippen molar-refractivity contribution in [3.63, 3.8) is 0 Å². The van der Waals surface area contributed by atoms with Gasteiger partial charge in [0.25, 0.3) is 0 Å². The van der Waals surface area contributed by atoms with E-state index in [9.17, 15) is 9.59 Å². The molecule has 0 fully saturated rings. The standard InChI is InChI=1S/C15H10N4O3/c1-22-15-8-12(17-10-21)5-6-14(15)19-18-13-4-2-3-11(7-13)16-9-20/h2-8H,1H3. The van der Waals surface area contributed by atoms with Crippen molar-refractivity contribution in [1.82, 2.24) is 0 Å². The van der Waals surface area contributed by atoms with Gasteiger partial charge in [0.15, 0.2) is 0 Å². The Morgan fingerprint density at radius 2 is 1.55 bits per heavy atom. The molecule has 0 amide bonds. The fraction of sp³-hybridized carbons (Fsp3) is 0.0667. The highest BCUT2D eigenvalue weighted by molar-refractivity contribution is 5.61. The third-order valence-corrected chi connectivity index (χ3v) is 2.62. The van der Waals surface area contributed by atoms with Gasteiger partial charge < -0.3 is 4.74 Å². The van der Waals surface area contributed by atoms with Crippen molar-refractivity contribution >= 4 is 34.9 Å². The molecular formula is C15H10N4O3. The van der Waals surface area contributed by atoms with E-state index >= 15 is 0 Å². The normalized spacial score (nSPS) is 9.86. The summed E-state index contributed by atoms with van der Waals surface area (Å²) < 4.78 is 5.17. The highest BCUT2D eigenvalue weighted by Gasteiger charge is 2.03. The molecule has 2 rings (SSSR count). The van der Waals surface area contributed by atoms with Crippen molar-refractivity contribution in [2.75, 3.05) is 7.11 Å². The number of nitrogens with zero attached hydrogens (tertiary/aromatic N) is 4. The maximum atomic E-state index is 10.2. The topological polar surface area (TPSA) is 92.8 Å². The maximum Gasteiger partial charge on any atom is 0.240 e. The summed E-state index contributed by atoms with van der Waals surface area (Å²) >= 11 is 0. The van der Waals surface area contributed by atoms with Crippen LogP contribution >= 0.6 is 0 Å². The zero-order valence-electron chi connectivity index (χ0n) is 11.6. The summed E-state index contributed by atoms with van der Waals surface area (Å²) in [7, 11) is 1.47. The van der Waals surface area contributed by atoms with Crippen molar-refractivity contribution in [3.8, 4) is 5.75 Å². The van der Waals surface area contributed by atoms with E-state index in [1.54, 1.807) is 42.5 Å². The number of azo groups is 1. The number of benzene rings is 2. The van der Waals surface area contributed by atoms with E-state index in [1.807, 2.05) is 0 Å². The van der Waals surface area contributed by atoms with Gasteiger partial charge in [0.1, 0.15) is 11.4 Å². The molecule has 0 saturated carbocycles. The second-order valence-electron chi connectivity index (χ2n) is 3.98. The zero-order chi connectivity index (χ0) is 15.8. The Kier molecular flexibility index (Phi) is 5.04. The van der Waals surface area contributed by atoms with Crippen molar-refractivity contribution < 1.29 is 14.3 Å². The molecule has 0 aromatic heterocycles. The predicted octanol–water partition coefficient (Wildman–Crippen LogP) is 4.05. The van der Waals surface area contributed by atoms with Gasteiger partial charge in [-0.15, -0.1) is 5.11 Å². The molecule has 0 spiro atoms. The van der Waals surface area contributed by atoms with Crippen LogP contribution in [-0.2, 0) is 9.59 Å². The molecular weight excluding hydrogens is 284 g/mol. The first-order valence-electron chi connectivity index (χ1n) is 6.12. The average molecular weight is 294 g/mol. The molecule has 0 radical (unpaired) electrons. The van der Waals surface area contributed by atoms with Gasteiger partial charge in [-0.3, -0.25) is 0 Å². The monoisotopic (exact) mass is 294 g/mol. The Labute approximate surface area is 125 Å². The first-order chi connectivity index (χ1) is 10.8. The SMILES string of the molecule is COc1cc(N=C=O)ccc1N=Nc1cccc(N=C=O)c1. The summed E-state index contributed by atoms with van der Waals surface area (Å²) in [5.74, 6) is 0.419. The molecule has 22 heavy (non-hydrogen) atoms. The van der Waals surface area contributed by atoms with Crippen LogP contribution in [0, 0.1) is 0 Å². The summed E-state index contributed by atoms with van der Waals surface area (Å²) in [5.41, 5.74) is 1.84. The first-order valence-corrected chi connectivity index (χ1v) is 6.12. The van der Waals surface area contributed by atoms with Gasteiger partial charge in [-0.05, 0) is 30.3 Å². The smallest absolute Gasteiger partial charge is 0.240 e. The lowest BCUT2D eigenvalue weighted by atomic mass is 10.2. The fourth-order valence-electron chi connectivity index (χ4n) is 1.66. The Hall–Kier alpha value is -3.40. The number of hydrogen-bond donors (Lipinski definition) is 0. The minimum atomic E-state index is 0.410. The number of isocyanates is 2. The predicted molar refractivity (Wildman–Crippen MR) is 79.2 cm³/mol. The van der Waals surface area contributed by atoms with Crippen LogP contribution in [0.5, 0.6) is 5.75 Å². The molecule has 0 heterocycles. The second kappa shape index (κ2) is 7.40. The molecule has 0 N–H and O–H groups in total. The van der Waals surface area contributed by atoms with E-state index in [-0.39, 0.29) is 0 Å². The van der Waals surface area contributed by atoms with Gasteiger partial charge >= 0.3 is 0 Å². The van der Waals surface area contributed by atoms with Gasteiger partial charge in [-0.1, -0.05) is 6.07 Å². The van der Waals surface area contributed by atoms with Gasteiger partial charge in [0.2, 0.25) is 12.2 Å². The van der Waals surface area contributed by atoms with E-state index in [1.165, 1.54) is 19.3 Å². The van der Waals surface area contributed by atoms with Crippen LogP contribution in [0.3, 0.4) is 0 Å². The first kappa shape index (κ1) is 15.0. The van der Waals surface area contributed by atoms with Crippen molar-refractivity contribution in [2.45, 2.75) is 0 Å². The molecule has 7 nitrogen and oxygen atoms in total. The summed E-state index contributed by atoms with van der Waals surface area (Å²) in [6.45, 7) is 0. The molecule has 0 aliphatic rings. The minimum Gasteiger partial charge on any atom is -0.494 e. The van der Waals surface area contributed by atoms with E-state index in [2.05, 4.69) is 20.2 Å². The molecule has 0 atom stereocenters. The lowest BCUT2D eigenvalue weighted by Crippen LogP contribution is -1.82. The molecule has 108 valence electrons. The molecule has 0 saturated heterocycles.